The minimum atomic E-state index is -4.82. The Morgan fingerprint density at radius 3 is 2.72 bits per heavy atom. The molecule has 1 aromatic rings. The molecular weight excluding hydrogens is 251 g/mol. The molecule has 1 rings (SSSR count). The van der Waals surface area contributed by atoms with Gasteiger partial charge in [0.15, 0.2) is 0 Å². The van der Waals surface area contributed by atoms with Gasteiger partial charge in [0.2, 0.25) is 0 Å². The van der Waals surface area contributed by atoms with Crippen molar-refractivity contribution >= 4 is 0 Å². The molecule has 0 aliphatic heterocycles. The maximum absolute atomic E-state index is 11.9. The third-order valence-electron chi connectivity index (χ3n) is 1.64. The summed E-state index contributed by atoms with van der Waals surface area (Å²) >= 11 is 0. The van der Waals surface area contributed by atoms with Crippen molar-refractivity contribution in [1.82, 2.24) is 0 Å². The predicted octanol–water partition coefficient (Wildman–Crippen LogP) is 2.95. The fourth-order valence-electron chi connectivity index (χ4n) is 1.02. The highest BCUT2D eigenvalue weighted by Gasteiger charge is 2.31. The van der Waals surface area contributed by atoms with Gasteiger partial charge in [-0.05, 0) is 17.7 Å². The minimum absolute atomic E-state index is 0.100. The zero-order valence-electron chi connectivity index (χ0n) is 8.77. The average molecular weight is 257 g/mol. The van der Waals surface area contributed by atoms with Crippen molar-refractivity contribution in [2.75, 3.05) is 6.54 Å². The molecule has 0 amide bonds. The van der Waals surface area contributed by atoms with Gasteiger partial charge < -0.3 is 9.84 Å². The van der Waals surface area contributed by atoms with E-state index in [0.717, 1.165) is 12.1 Å². The van der Waals surface area contributed by atoms with Crippen LogP contribution in [0.25, 0.3) is 10.4 Å². The Balaban J connectivity index is 2.85. The first-order valence-electron chi connectivity index (χ1n) is 4.51. The Morgan fingerprint density at radius 2 is 2.17 bits per heavy atom. The second-order valence-corrected chi connectivity index (χ2v) is 2.92. The molecule has 1 aromatic carbocycles. The third kappa shape index (κ3) is 4.55. The van der Waals surface area contributed by atoms with E-state index in [-0.39, 0.29) is 12.1 Å². The van der Waals surface area contributed by atoms with Gasteiger partial charge in [0.25, 0.3) is 0 Å². The van der Waals surface area contributed by atoms with Crippen LogP contribution in [0.5, 0.6) is 11.5 Å². The molecule has 18 heavy (non-hydrogen) atoms. The maximum atomic E-state index is 11.9. The number of ether oxygens (including phenoxy) is 1. The van der Waals surface area contributed by atoms with Gasteiger partial charge in [-0.3, -0.25) is 0 Å². The lowest BCUT2D eigenvalue weighted by Gasteiger charge is -2.09. The molecule has 1 N–H and O–H groups in total. The quantitative estimate of drug-likeness (QED) is 0.382. The molecule has 5 nitrogen and oxygen atoms in total. The van der Waals surface area contributed by atoms with Gasteiger partial charge in [-0.25, -0.2) is 0 Å². The van der Waals surface area contributed by atoms with Crippen LogP contribution in [-0.2, 0) is 0 Å². The van der Waals surface area contributed by atoms with Crippen molar-refractivity contribution in [1.29, 1.82) is 0 Å². The van der Waals surface area contributed by atoms with Gasteiger partial charge in [0.05, 0.1) is 12.1 Å². The number of rotatable bonds is 2. The smallest absolute Gasteiger partial charge is 0.507 e. The Kier molecular flexibility index (Phi) is 4.29. The third-order valence-corrected chi connectivity index (χ3v) is 1.64. The zero-order chi connectivity index (χ0) is 13.6. The lowest BCUT2D eigenvalue weighted by atomic mass is 10.2. The molecule has 0 aliphatic rings. The normalized spacial score (nSPS) is 9.94. The van der Waals surface area contributed by atoms with E-state index in [4.69, 9.17) is 5.53 Å². The average Bonchev–Trinajstić information content (AvgIpc) is 2.24. The van der Waals surface area contributed by atoms with Crippen LogP contribution in [0.3, 0.4) is 0 Å². The van der Waals surface area contributed by atoms with E-state index in [2.05, 4.69) is 26.6 Å². The summed E-state index contributed by atoms with van der Waals surface area (Å²) in [6, 6.07) is 2.98. The summed E-state index contributed by atoms with van der Waals surface area (Å²) in [6.07, 6.45) is -4.82. The molecule has 0 heterocycles. The van der Waals surface area contributed by atoms with Crippen LogP contribution in [0, 0.1) is 11.8 Å². The van der Waals surface area contributed by atoms with Gasteiger partial charge in [-0.2, -0.15) is 0 Å². The first kappa shape index (κ1) is 13.5. The highest BCUT2D eigenvalue weighted by Crippen LogP contribution is 2.27. The SMILES string of the molecule is [N-]=[N+]=NCC#Cc1ccc(OC(F)(F)F)cc1O. The Hall–Kier alpha value is -2.52. The van der Waals surface area contributed by atoms with Crippen LogP contribution in [0.2, 0.25) is 0 Å². The highest BCUT2D eigenvalue weighted by molar-refractivity contribution is 5.49. The number of hydrogen-bond acceptors (Lipinski definition) is 3. The molecule has 0 aliphatic carbocycles. The second kappa shape index (κ2) is 5.70. The Bertz CT molecular complexity index is 540. The summed E-state index contributed by atoms with van der Waals surface area (Å²) in [5.41, 5.74) is 8.09. The fourth-order valence-corrected chi connectivity index (χ4v) is 1.02. The molecular formula is C10H6F3N3O2. The van der Waals surface area contributed by atoms with Crippen LogP contribution in [0.4, 0.5) is 13.2 Å². The summed E-state index contributed by atoms with van der Waals surface area (Å²) in [4.78, 5) is 2.46. The number of aromatic hydroxyl groups is 1. The molecule has 0 saturated heterocycles. The van der Waals surface area contributed by atoms with Gasteiger partial charge >= 0.3 is 6.36 Å². The van der Waals surface area contributed by atoms with E-state index in [0.29, 0.717) is 0 Å². The van der Waals surface area contributed by atoms with Crippen LogP contribution < -0.4 is 4.74 Å². The molecule has 0 spiro atoms. The molecule has 0 bridgehead atoms. The van der Waals surface area contributed by atoms with Crippen molar-refractivity contribution in [3.8, 4) is 23.3 Å². The molecule has 94 valence electrons. The summed E-state index contributed by atoms with van der Waals surface area (Å²) in [5, 5.41) is 12.5. The van der Waals surface area contributed by atoms with E-state index in [1.54, 1.807) is 0 Å². The molecule has 0 aromatic heterocycles. The molecule has 0 unspecified atom stereocenters. The predicted molar refractivity (Wildman–Crippen MR) is 55.7 cm³/mol. The first-order valence-corrected chi connectivity index (χ1v) is 4.51. The number of phenols is 1. The molecule has 0 atom stereocenters. The van der Waals surface area contributed by atoms with Crippen LogP contribution in [0.1, 0.15) is 5.56 Å². The van der Waals surface area contributed by atoms with Crippen LogP contribution in [-0.4, -0.2) is 18.0 Å². The second-order valence-electron chi connectivity index (χ2n) is 2.92. The molecule has 8 heteroatoms. The molecule has 0 radical (unpaired) electrons. The van der Waals surface area contributed by atoms with E-state index in [1.165, 1.54) is 6.07 Å². The minimum Gasteiger partial charge on any atom is -0.507 e. The number of azide groups is 1. The van der Waals surface area contributed by atoms with E-state index >= 15 is 0 Å². The summed E-state index contributed by atoms with van der Waals surface area (Å²) in [7, 11) is 0. The highest BCUT2D eigenvalue weighted by atomic mass is 19.4. The number of halogens is 3. The van der Waals surface area contributed by atoms with Gasteiger partial charge in [-0.15, -0.1) is 13.2 Å². The van der Waals surface area contributed by atoms with Crippen molar-refractivity contribution in [3.63, 3.8) is 0 Å². The van der Waals surface area contributed by atoms with Crippen molar-refractivity contribution in [2.24, 2.45) is 5.11 Å². The standard InChI is InChI=1S/C10H6F3N3O2/c11-10(12,13)18-8-4-3-7(9(17)6-8)2-1-5-15-16-14/h3-4,6,17H,5H2. The van der Waals surface area contributed by atoms with E-state index in [1.807, 2.05) is 0 Å². The topological polar surface area (TPSA) is 78.2 Å². The van der Waals surface area contributed by atoms with Crippen molar-refractivity contribution in [3.05, 3.63) is 34.2 Å². The van der Waals surface area contributed by atoms with E-state index in [9.17, 15) is 18.3 Å². The van der Waals surface area contributed by atoms with Crippen LogP contribution >= 0.6 is 0 Å². The lowest BCUT2D eigenvalue weighted by Crippen LogP contribution is -2.17. The first-order chi connectivity index (χ1) is 8.42. The number of hydrogen-bond donors (Lipinski definition) is 1. The largest absolute Gasteiger partial charge is 0.573 e. The Labute approximate surface area is 99.4 Å². The lowest BCUT2D eigenvalue weighted by molar-refractivity contribution is -0.274. The van der Waals surface area contributed by atoms with Crippen molar-refractivity contribution in [2.45, 2.75) is 6.36 Å². The fraction of sp³-hybridized carbons (Fsp3) is 0.200. The van der Waals surface area contributed by atoms with E-state index < -0.39 is 17.9 Å². The number of benzene rings is 1. The van der Waals surface area contributed by atoms with Gasteiger partial charge in [-0.1, -0.05) is 17.0 Å². The number of nitrogens with zero attached hydrogens (tertiary/aromatic N) is 3. The van der Waals surface area contributed by atoms with Gasteiger partial charge in [0, 0.05) is 11.0 Å². The summed E-state index contributed by atoms with van der Waals surface area (Å²) in [5.74, 6) is 3.86. The zero-order valence-corrected chi connectivity index (χ0v) is 8.77. The summed E-state index contributed by atoms with van der Waals surface area (Å²) in [6.45, 7) is -0.100. The van der Waals surface area contributed by atoms with Crippen molar-refractivity contribution < 1.29 is 23.0 Å². The maximum Gasteiger partial charge on any atom is 0.573 e. The Morgan fingerprint density at radius 1 is 1.44 bits per heavy atom. The summed E-state index contributed by atoms with van der Waals surface area (Å²) < 4.78 is 39.3. The number of phenolic OH excluding ortho intramolecular Hbond substituents is 1. The van der Waals surface area contributed by atoms with Crippen LogP contribution in [0.15, 0.2) is 23.3 Å². The molecule has 0 saturated carbocycles. The number of alkyl halides is 3. The van der Waals surface area contributed by atoms with Gasteiger partial charge in [0.1, 0.15) is 11.5 Å². The monoisotopic (exact) mass is 257 g/mol. The molecule has 0 fully saturated rings.